The van der Waals surface area contributed by atoms with E-state index in [1.54, 1.807) is 6.92 Å². The van der Waals surface area contributed by atoms with Crippen molar-refractivity contribution in [2.24, 2.45) is 5.92 Å². The number of carbonyl (C=O) groups is 3. The average Bonchev–Trinajstić information content (AvgIpc) is 2.57. The van der Waals surface area contributed by atoms with Gasteiger partial charge in [-0.3, -0.25) is 9.59 Å². The summed E-state index contributed by atoms with van der Waals surface area (Å²) >= 11 is 0. The Bertz CT molecular complexity index is 290. The first kappa shape index (κ1) is 16.8. The number of hydrogen-bond acceptors (Lipinski definition) is 4. The average molecular weight is 258 g/mol. The molecule has 1 aliphatic carbocycles. The number of ketones is 2. The normalized spacial score (nSPS) is 16.3. The Kier molecular flexibility index (Phi) is 8.20. The van der Waals surface area contributed by atoms with Gasteiger partial charge in [-0.2, -0.15) is 0 Å². The highest BCUT2D eigenvalue weighted by atomic mass is 16.5. The molecule has 0 heterocycles. The van der Waals surface area contributed by atoms with Crippen molar-refractivity contribution in [2.75, 3.05) is 6.61 Å². The van der Waals surface area contributed by atoms with Crippen LogP contribution in [-0.2, 0) is 19.1 Å². The molecule has 18 heavy (non-hydrogen) atoms. The number of ether oxygens (including phenoxy) is 1. The minimum atomic E-state index is -1.01. The Balaban J connectivity index is 0.00000289. The molecule has 104 valence electrons. The van der Waals surface area contributed by atoms with Gasteiger partial charge in [0, 0.05) is 6.42 Å². The second kappa shape index (κ2) is 8.80. The molecule has 1 fully saturated rings. The largest absolute Gasteiger partial charge is 0.460 e. The molecule has 1 saturated carbocycles. The summed E-state index contributed by atoms with van der Waals surface area (Å²) in [6.45, 7) is 1.74. The quantitative estimate of drug-likeness (QED) is 0.321. The van der Waals surface area contributed by atoms with Crippen LogP contribution >= 0.6 is 0 Å². The van der Waals surface area contributed by atoms with Crippen LogP contribution in [0, 0.1) is 5.92 Å². The fourth-order valence-corrected chi connectivity index (χ4v) is 2.23. The molecule has 0 aromatic rings. The molecular formula is C13H22O5. The van der Waals surface area contributed by atoms with Gasteiger partial charge in [-0.05, 0) is 12.8 Å². The molecule has 1 rings (SSSR count). The first-order valence-electron chi connectivity index (χ1n) is 6.39. The summed E-state index contributed by atoms with van der Waals surface area (Å²) < 4.78 is 4.53. The van der Waals surface area contributed by atoms with Gasteiger partial charge in [0.25, 0.3) is 0 Å². The third-order valence-corrected chi connectivity index (χ3v) is 3.16. The number of Topliss-reactive ketones (excluding diaryl/α,β-unsaturated/α-hetero) is 2. The molecule has 0 bridgehead atoms. The maximum Gasteiger partial charge on any atom is 0.382 e. The Morgan fingerprint density at radius 3 is 2.11 bits per heavy atom. The lowest BCUT2D eigenvalue weighted by molar-refractivity contribution is -0.156. The van der Waals surface area contributed by atoms with Gasteiger partial charge >= 0.3 is 11.8 Å². The van der Waals surface area contributed by atoms with Crippen LogP contribution < -0.4 is 0 Å². The number of rotatable bonds is 5. The second-order valence-electron chi connectivity index (χ2n) is 4.53. The van der Waals surface area contributed by atoms with E-state index in [0.29, 0.717) is 0 Å². The number of carbonyl (C=O) groups excluding carboxylic acids is 3. The van der Waals surface area contributed by atoms with E-state index >= 15 is 0 Å². The topological polar surface area (TPSA) is 91.9 Å². The third-order valence-electron chi connectivity index (χ3n) is 3.16. The Morgan fingerprint density at radius 1 is 1.06 bits per heavy atom. The third kappa shape index (κ3) is 5.40. The molecule has 1 aliphatic rings. The zero-order valence-corrected chi connectivity index (χ0v) is 10.9. The van der Waals surface area contributed by atoms with Crippen molar-refractivity contribution in [3.63, 3.8) is 0 Å². The monoisotopic (exact) mass is 258 g/mol. The summed E-state index contributed by atoms with van der Waals surface area (Å²) in [5.74, 6) is -2.32. The minimum Gasteiger partial charge on any atom is -0.460 e. The van der Waals surface area contributed by atoms with Crippen LogP contribution in [0.25, 0.3) is 0 Å². The van der Waals surface area contributed by atoms with Crippen LogP contribution in [0.15, 0.2) is 0 Å². The van der Waals surface area contributed by atoms with Gasteiger partial charge in [0.15, 0.2) is 0 Å². The summed E-state index contributed by atoms with van der Waals surface area (Å²) in [6, 6.07) is 0. The van der Waals surface area contributed by atoms with Crippen molar-refractivity contribution < 1.29 is 24.6 Å². The van der Waals surface area contributed by atoms with Crippen LogP contribution in [0.3, 0.4) is 0 Å². The lowest BCUT2D eigenvalue weighted by Gasteiger charge is -2.11. The van der Waals surface area contributed by atoms with Gasteiger partial charge in [-0.1, -0.05) is 38.5 Å². The highest BCUT2D eigenvalue weighted by molar-refractivity contribution is 6.62. The Morgan fingerprint density at radius 2 is 1.61 bits per heavy atom. The first-order valence-corrected chi connectivity index (χ1v) is 6.39. The minimum absolute atomic E-state index is 0. The molecule has 5 heteroatoms. The predicted molar refractivity (Wildman–Crippen MR) is 66.1 cm³/mol. The van der Waals surface area contributed by atoms with Gasteiger partial charge in [0.05, 0.1) is 6.61 Å². The van der Waals surface area contributed by atoms with E-state index in [1.807, 2.05) is 0 Å². The summed E-state index contributed by atoms with van der Waals surface area (Å²) in [5.41, 5.74) is 0. The van der Waals surface area contributed by atoms with Crippen molar-refractivity contribution >= 4 is 17.5 Å². The zero-order valence-electron chi connectivity index (χ0n) is 10.9. The molecule has 0 unspecified atom stereocenters. The SMILES string of the molecule is CCOC(=O)C(=O)C(=O)CC1CCCCCC1.O. The molecule has 0 amide bonds. The van der Waals surface area contributed by atoms with E-state index in [-0.39, 0.29) is 24.4 Å². The molecule has 2 N–H and O–H groups in total. The molecule has 0 spiro atoms. The Labute approximate surface area is 107 Å². The maximum absolute atomic E-state index is 11.6. The van der Waals surface area contributed by atoms with Crippen molar-refractivity contribution in [1.82, 2.24) is 0 Å². The molecule has 0 aromatic heterocycles. The molecule has 0 saturated heterocycles. The number of esters is 1. The van der Waals surface area contributed by atoms with Crippen LogP contribution in [0.1, 0.15) is 51.9 Å². The van der Waals surface area contributed by atoms with Gasteiger partial charge in [-0.25, -0.2) is 4.79 Å². The zero-order chi connectivity index (χ0) is 12.7. The van der Waals surface area contributed by atoms with Gasteiger partial charge in [-0.15, -0.1) is 0 Å². The van der Waals surface area contributed by atoms with E-state index in [1.165, 1.54) is 12.8 Å². The fourth-order valence-electron chi connectivity index (χ4n) is 2.23. The van der Waals surface area contributed by atoms with E-state index < -0.39 is 17.5 Å². The smallest absolute Gasteiger partial charge is 0.382 e. The van der Waals surface area contributed by atoms with Crippen molar-refractivity contribution in [1.29, 1.82) is 0 Å². The highest BCUT2D eigenvalue weighted by Gasteiger charge is 2.26. The molecule has 5 nitrogen and oxygen atoms in total. The van der Waals surface area contributed by atoms with E-state index in [0.717, 1.165) is 25.7 Å². The second-order valence-corrected chi connectivity index (χ2v) is 4.53. The summed E-state index contributed by atoms with van der Waals surface area (Å²) in [5, 5.41) is 0. The standard InChI is InChI=1S/C13H20O4.H2O/c1-2-17-13(16)12(15)11(14)9-10-7-5-3-4-6-8-10;/h10H,2-9H2,1H3;1H2. The van der Waals surface area contributed by atoms with Crippen LogP contribution in [-0.4, -0.2) is 29.6 Å². The summed E-state index contributed by atoms with van der Waals surface area (Å²) in [6.07, 6.45) is 6.82. The fraction of sp³-hybridized carbons (Fsp3) is 0.769. The van der Waals surface area contributed by atoms with Crippen LogP contribution in [0.4, 0.5) is 0 Å². The van der Waals surface area contributed by atoms with Gasteiger partial charge in [0.2, 0.25) is 5.78 Å². The molecule has 0 atom stereocenters. The first-order chi connectivity index (χ1) is 8.15. The molecule has 0 aromatic carbocycles. The summed E-state index contributed by atoms with van der Waals surface area (Å²) in [7, 11) is 0. The molecule has 0 radical (unpaired) electrons. The van der Waals surface area contributed by atoms with Crippen molar-refractivity contribution in [3.8, 4) is 0 Å². The predicted octanol–water partition coefficient (Wildman–Crippen LogP) is 1.22. The summed E-state index contributed by atoms with van der Waals surface area (Å²) in [4.78, 5) is 34.1. The maximum atomic E-state index is 11.6. The van der Waals surface area contributed by atoms with Gasteiger partial charge in [0.1, 0.15) is 0 Å². The van der Waals surface area contributed by atoms with Crippen molar-refractivity contribution in [2.45, 2.75) is 51.9 Å². The lowest BCUT2D eigenvalue weighted by Crippen LogP contribution is -2.27. The van der Waals surface area contributed by atoms with E-state index in [2.05, 4.69) is 4.74 Å². The lowest BCUT2D eigenvalue weighted by atomic mass is 9.93. The highest BCUT2D eigenvalue weighted by Crippen LogP contribution is 2.25. The van der Waals surface area contributed by atoms with Crippen LogP contribution in [0.2, 0.25) is 0 Å². The number of hydrogen-bond donors (Lipinski definition) is 0. The Hall–Kier alpha value is -1.23. The van der Waals surface area contributed by atoms with E-state index in [9.17, 15) is 14.4 Å². The van der Waals surface area contributed by atoms with Crippen molar-refractivity contribution in [3.05, 3.63) is 0 Å². The molecular weight excluding hydrogens is 236 g/mol. The van der Waals surface area contributed by atoms with E-state index in [4.69, 9.17) is 0 Å². The molecule has 0 aliphatic heterocycles. The van der Waals surface area contributed by atoms with Crippen LogP contribution in [0.5, 0.6) is 0 Å². The van der Waals surface area contributed by atoms with Gasteiger partial charge < -0.3 is 10.2 Å².